The second-order valence-corrected chi connectivity index (χ2v) is 41.2. The molecule has 0 N–H and O–H groups in total. The van der Waals surface area contributed by atoms with Crippen molar-refractivity contribution in [2.24, 2.45) is 35.2 Å². The van der Waals surface area contributed by atoms with Crippen LogP contribution in [0.1, 0.15) is 306 Å². The Morgan fingerprint density at radius 2 is 0.598 bits per heavy atom. The highest BCUT2D eigenvalue weighted by Gasteiger charge is 2.44. The van der Waals surface area contributed by atoms with Gasteiger partial charge in [-0.3, -0.25) is 0 Å². The van der Waals surface area contributed by atoms with Gasteiger partial charge in [0.15, 0.2) is 31.0 Å². The van der Waals surface area contributed by atoms with Crippen LogP contribution in [0.3, 0.4) is 0 Å². The Morgan fingerprint density at radius 3 is 1.02 bits per heavy atom. The molecule has 5 nitrogen and oxygen atoms in total. The highest BCUT2D eigenvalue weighted by Crippen LogP contribution is 2.52. The van der Waals surface area contributed by atoms with Crippen molar-refractivity contribution in [2.45, 2.75) is 306 Å². The lowest BCUT2D eigenvalue weighted by Crippen LogP contribution is -2.40. The highest BCUT2D eigenvalue weighted by atomic mass is 14.9. The van der Waals surface area contributed by atoms with E-state index in [1.54, 1.807) is 28.8 Å². The van der Waals surface area contributed by atoms with Gasteiger partial charge in [-0.15, -0.1) is 0 Å². The van der Waals surface area contributed by atoms with E-state index in [4.69, 9.17) is 4.11 Å². The molecule has 5 aromatic heterocycles. The van der Waals surface area contributed by atoms with Gasteiger partial charge in [-0.1, -0.05) is 197 Å². The van der Waals surface area contributed by atoms with Gasteiger partial charge in [-0.05, 0) is 283 Å². The molecule has 0 aliphatic heterocycles. The van der Waals surface area contributed by atoms with Gasteiger partial charge < -0.3 is 0 Å². The predicted molar refractivity (Wildman–Crippen MR) is 475 cm³/mol. The minimum atomic E-state index is -2.06. The Balaban J connectivity index is 0.000000142. The highest BCUT2D eigenvalue weighted by molar-refractivity contribution is 5.69. The topological polar surface area (TPSA) is 19.4 Å². The molecule has 5 aliphatic carbocycles. The average Bonchev–Trinajstić information content (AvgIpc) is 0.757. The average molecular weight is 1500 g/mol. The van der Waals surface area contributed by atoms with Gasteiger partial charge in [-0.2, -0.15) is 0 Å². The minimum absolute atomic E-state index is 0.153. The maximum absolute atomic E-state index is 7.64. The van der Waals surface area contributed by atoms with Crippen LogP contribution in [0.4, 0.5) is 0 Å². The summed E-state index contributed by atoms with van der Waals surface area (Å²) in [4.78, 5) is 0. The minimum Gasteiger partial charge on any atom is -0.201 e. The number of pyridine rings is 5. The molecule has 0 saturated heterocycles. The molecule has 15 rings (SSSR count). The Hall–Kier alpha value is -8.15. The first-order chi connectivity index (χ1) is 53.2. The lowest BCUT2D eigenvalue weighted by atomic mass is 9.62. The smallest absolute Gasteiger partial charge is 0.201 e. The van der Waals surface area contributed by atoms with Crippen LogP contribution in [0, 0.1) is 55.3 Å². The van der Waals surface area contributed by atoms with Crippen LogP contribution >= 0.6 is 0 Å². The van der Waals surface area contributed by atoms with Crippen molar-refractivity contribution in [3.8, 4) is 56.3 Å². The van der Waals surface area contributed by atoms with Gasteiger partial charge in [0.25, 0.3) is 0 Å². The van der Waals surface area contributed by atoms with Crippen molar-refractivity contribution in [3.63, 3.8) is 0 Å². The van der Waals surface area contributed by atoms with E-state index in [0.717, 1.165) is 16.8 Å². The quantitative estimate of drug-likeness (QED) is 0.153. The van der Waals surface area contributed by atoms with E-state index in [-0.39, 0.29) is 43.3 Å². The summed E-state index contributed by atoms with van der Waals surface area (Å²) in [5.41, 5.74) is 39.8. The molecule has 0 fully saturated rings. The fourth-order valence-electron chi connectivity index (χ4n) is 19.3. The fourth-order valence-corrected chi connectivity index (χ4v) is 19.3. The summed E-state index contributed by atoms with van der Waals surface area (Å²) in [6, 6.07) is 48.9. The molecular weight excluding hydrogens is 1360 g/mol. The second-order valence-electron chi connectivity index (χ2n) is 41.2. The number of aryl methyl sites for hydroxylation is 13. The Kier molecular flexibility index (Phi) is 22.4. The van der Waals surface area contributed by atoms with Gasteiger partial charge in [0.2, 0.25) is 28.5 Å². The van der Waals surface area contributed by atoms with Crippen molar-refractivity contribution in [1.29, 1.82) is 0 Å². The Bertz CT molecular complexity index is 5200. The van der Waals surface area contributed by atoms with Crippen LogP contribution in [0.15, 0.2) is 164 Å². The molecule has 5 heterocycles. The van der Waals surface area contributed by atoms with Gasteiger partial charge >= 0.3 is 0 Å². The number of hydrogen-bond donors (Lipinski definition) is 0. The van der Waals surface area contributed by atoms with Gasteiger partial charge in [0, 0.05) is 90.6 Å². The first-order valence-corrected chi connectivity index (χ1v) is 42.3. The molecule has 1 unspecified atom stereocenters. The zero-order valence-electron chi connectivity index (χ0n) is 78.5. The van der Waals surface area contributed by atoms with Crippen molar-refractivity contribution >= 4 is 0 Å². The fraction of sp³-hybridized carbons (Fsp3) is 0.486. The molecule has 0 spiro atoms. The monoisotopic (exact) mass is 1500 g/mol. The summed E-state index contributed by atoms with van der Waals surface area (Å²) in [5, 5.41) is 0. The normalized spacial score (nSPS) is 19.4. The summed E-state index contributed by atoms with van der Waals surface area (Å²) in [7, 11) is 10.7. The zero-order chi connectivity index (χ0) is 84.8. The molecular formula is C107H144N5+5. The lowest BCUT2D eigenvalue weighted by Gasteiger charge is -2.42. The van der Waals surface area contributed by atoms with E-state index >= 15 is 0 Å². The van der Waals surface area contributed by atoms with Crippen molar-refractivity contribution in [3.05, 3.63) is 265 Å². The molecule has 10 aromatic rings. The molecule has 1 atom stereocenters. The number of rotatable bonds is 5. The third-order valence-corrected chi connectivity index (χ3v) is 27.8. The van der Waals surface area contributed by atoms with Gasteiger partial charge in [0.1, 0.15) is 35.2 Å². The molecule has 0 saturated carbocycles. The SMILES string of the molecule is Cc1cc2c(cc1-c1cccc[n+]1C)C(C)(C)CCC2(C)C.Cc1ccc(-c2cc3c(c[n+]2C)C(C)(C)CCC3C)c(C)c1.Cc1ccc(-c2cc3c(cc2C)C(C)(C)CCC3(C)C)[n+](C)c1.Cc1ccccc1-c1cc2c(c[n+]1C)C(C)(C)CCC2(C)C.[2H]C([2H])([2H])c1ccc(-c2cc3c(c[n+]2C)C(C)(C)CCC3(C)C)c(C)c1. The summed E-state index contributed by atoms with van der Waals surface area (Å²) in [6.07, 6.45) is 23.9. The Labute approximate surface area is 684 Å². The van der Waals surface area contributed by atoms with E-state index in [9.17, 15) is 0 Å². The molecule has 0 radical (unpaired) electrons. The molecule has 112 heavy (non-hydrogen) atoms. The summed E-state index contributed by atoms with van der Waals surface area (Å²) < 4.78 is 34.2. The van der Waals surface area contributed by atoms with E-state index in [1.165, 1.54) is 182 Å². The number of benzene rings is 5. The molecule has 5 aromatic carbocycles. The predicted octanol–water partition coefficient (Wildman–Crippen LogP) is 24.9. The largest absolute Gasteiger partial charge is 0.212 e. The Morgan fingerprint density at radius 1 is 0.268 bits per heavy atom. The van der Waals surface area contributed by atoms with Crippen molar-refractivity contribution in [1.82, 2.24) is 0 Å². The van der Waals surface area contributed by atoms with Crippen LogP contribution in [-0.4, -0.2) is 0 Å². The summed E-state index contributed by atoms with van der Waals surface area (Å²) >= 11 is 0. The first-order valence-electron chi connectivity index (χ1n) is 43.8. The second kappa shape index (κ2) is 31.2. The maximum atomic E-state index is 7.64. The van der Waals surface area contributed by atoms with Crippen LogP contribution < -0.4 is 22.8 Å². The molecule has 592 valence electrons. The van der Waals surface area contributed by atoms with Gasteiger partial charge in [-0.25, -0.2) is 22.8 Å². The number of aromatic nitrogens is 5. The number of fused-ring (bicyclic) bond motifs is 5. The molecule has 5 aliphatic rings. The third-order valence-electron chi connectivity index (χ3n) is 27.8. The molecule has 5 heteroatoms. The molecule has 0 amide bonds. The van der Waals surface area contributed by atoms with Crippen molar-refractivity contribution in [2.75, 3.05) is 0 Å². The standard InChI is InChI=1S/2C22H30N.3C21H28N/c1-15-8-9-20(23(7)14-15)17-13-19-18(12-16(17)2)21(3,4)10-11-22(19,5)6;1-15-8-9-17(16(2)12-15)20-13-18-19(14-23(20)7)22(5,6)11-10-21(18,3)4;1-14-7-8-17(16(3)11-14)20-12-18-15(2)9-10-21(4,5)19(18)13-22(20)6;1-15-13-17-18(21(4,5)11-10-20(17,2)3)14-16(15)19-9-7-8-12-22(19)6;1-15-9-7-8-10-16(15)19-13-17-18(14-22(19)6)21(4,5)12-11-20(17,2)3/h2*8-9,12-14H,10-11H2,1-7H3;7-8,11-13,15H,9-10H2,1-6H3;7-9,12-14H,10-11H2,1-6H3;7-10,13-14H,11-12H2,1-6H3/q5*+1/i;1D3;;;. The lowest BCUT2D eigenvalue weighted by molar-refractivity contribution is -0.661. The van der Waals surface area contributed by atoms with E-state index in [0.29, 0.717) is 16.9 Å². The third kappa shape index (κ3) is 17.3. The van der Waals surface area contributed by atoms with Gasteiger partial charge in [0.05, 0.1) is 0 Å². The first kappa shape index (κ1) is 80.5. The van der Waals surface area contributed by atoms with Crippen molar-refractivity contribution < 1.29 is 26.9 Å². The zero-order valence-corrected chi connectivity index (χ0v) is 75.5. The van der Waals surface area contributed by atoms with E-state index < -0.39 is 6.85 Å². The molecule has 0 bridgehead atoms. The van der Waals surface area contributed by atoms with E-state index in [1.807, 2.05) is 13.0 Å². The van der Waals surface area contributed by atoms with Crippen LogP contribution in [0.5, 0.6) is 0 Å². The van der Waals surface area contributed by atoms with Crippen LogP contribution in [-0.2, 0) is 84.0 Å². The van der Waals surface area contributed by atoms with Crippen LogP contribution in [0.25, 0.3) is 56.3 Å². The van der Waals surface area contributed by atoms with E-state index in [2.05, 4.69) is 377 Å². The summed E-state index contributed by atoms with van der Waals surface area (Å²) in [5.74, 6) is 0.661. The maximum Gasteiger partial charge on any atom is 0.212 e. The summed E-state index contributed by atoms with van der Waals surface area (Å²) in [6.45, 7) is 58.3. The number of nitrogens with zero attached hydrogens (tertiary/aromatic N) is 5. The number of hydrogen-bond acceptors (Lipinski definition) is 0. The van der Waals surface area contributed by atoms with Crippen LogP contribution in [0.2, 0.25) is 0 Å².